The molecule has 1 heteroatoms. The smallest absolute Gasteiger partial charge is 0.163 e. The van der Waals surface area contributed by atoms with Gasteiger partial charge in [-0.25, -0.2) is 0 Å². The first-order chi connectivity index (χ1) is 9.28. The zero-order valence-electron chi connectivity index (χ0n) is 13.5. The van der Waals surface area contributed by atoms with Gasteiger partial charge in [-0.05, 0) is 58.8 Å². The van der Waals surface area contributed by atoms with Crippen molar-refractivity contribution in [2.75, 3.05) is 0 Å². The Hall–Kier alpha value is -1.11. The molecular weight excluding hydrogens is 244 g/mol. The summed E-state index contributed by atoms with van der Waals surface area (Å²) in [6.07, 6.45) is 5.11. The van der Waals surface area contributed by atoms with Crippen LogP contribution in [0.1, 0.15) is 86.5 Å². The average Bonchev–Trinajstić information content (AvgIpc) is 2.76. The number of aryl methyl sites for hydroxylation is 1. The summed E-state index contributed by atoms with van der Waals surface area (Å²) in [5, 5.41) is 0. The molecule has 0 aromatic heterocycles. The molecule has 0 heterocycles. The molecule has 0 bridgehead atoms. The van der Waals surface area contributed by atoms with Crippen molar-refractivity contribution in [3.8, 4) is 0 Å². The van der Waals surface area contributed by atoms with E-state index < -0.39 is 0 Å². The Labute approximate surface area is 122 Å². The molecule has 0 saturated heterocycles. The Kier molecular flexibility index (Phi) is 2.90. The molecule has 0 unspecified atom stereocenters. The van der Waals surface area contributed by atoms with Gasteiger partial charge in [0.15, 0.2) is 5.78 Å². The highest BCUT2D eigenvalue weighted by Crippen LogP contribution is 2.50. The van der Waals surface area contributed by atoms with Gasteiger partial charge in [0.1, 0.15) is 0 Å². The van der Waals surface area contributed by atoms with Crippen molar-refractivity contribution in [1.82, 2.24) is 0 Å². The number of carbonyl (C=O) groups excluding carboxylic acids is 1. The van der Waals surface area contributed by atoms with E-state index in [1.165, 1.54) is 35.1 Å². The summed E-state index contributed by atoms with van der Waals surface area (Å²) in [4.78, 5) is 12.3. The minimum Gasteiger partial charge on any atom is -0.294 e. The molecule has 1 aromatic carbocycles. The van der Waals surface area contributed by atoms with Gasteiger partial charge >= 0.3 is 0 Å². The summed E-state index contributed by atoms with van der Waals surface area (Å²) in [7, 11) is 0. The normalized spacial score (nSPS) is 22.6. The van der Waals surface area contributed by atoms with Crippen LogP contribution in [0.4, 0.5) is 0 Å². The van der Waals surface area contributed by atoms with Crippen LogP contribution in [0.25, 0.3) is 0 Å². The van der Waals surface area contributed by atoms with Crippen molar-refractivity contribution in [2.24, 2.45) is 0 Å². The maximum atomic E-state index is 12.3. The fourth-order valence-corrected chi connectivity index (χ4v) is 4.23. The molecule has 2 aliphatic carbocycles. The fourth-order valence-electron chi connectivity index (χ4n) is 4.23. The molecular formula is C19H26O. The predicted molar refractivity (Wildman–Crippen MR) is 83.8 cm³/mol. The lowest BCUT2D eigenvalue weighted by atomic mass is 9.61. The molecule has 0 aliphatic heterocycles. The highest BCUT2D eigenvalue weighted by molar-refractivity contribution is 6.02. The van der Waals surface area contributed by atoms with Gasteiger partial charge in [-0.3, -0.25) is 4.79 Å². The quantitative estimate of drug-likeness (QED) is 0.721. The van der Waals surface area contributed by atoms with E-state index in [0.29, 0.717) is 5.78 Å². The summed E-state index contributed by atoms with van der Waals surface area (Å²) in [5.74, 6) is 0.374. The number of benzene rings is 1. The van der Waals surface area contributed by atoms with Crippen LogP contribution in [0.5, 0.6) is 0 Å². The van der Waals surface area contributed by atoms with Crippen molar-refractivity contribution in [3.05, 3.63) is 33.9 Å². The number of hydrogen-bond acceptors (Lipinski definition) is 1. The van der Waals surface area contributed by atoms with Crippen LogP contribution in [-0.4, -0.2) is 5.78 Å². The Bertz CT molecular complexity index is 590. The molecule has 3 rings (SSSR count). The Balaban J connectivity index is 2.38. The standard InChI is InChI=1S/C19H26O/c1-6-12-11-14-17(13-7-8-15(20)16(12)13)19(4,5)10-9-18(14,2)3/h11H,6-10H2,1-5H3. The first-order valence-corrected chi connectivity index (χ1v) is 8.01. The Morgan fingerprint density at radius 3 is 2.35 bits per heavy atom. The lowest BCUT2D eigenvalue weighted by Gasteiger charge is -2.43. The highest BCUT2D eigenvalue weighted by Gasteiger charge is 2.41. The predicted octanol–water partition coefficient (Wildman–Crippen LogP) is 4.73. The van der Waals surface area contributed by atoms with Crippen LogP contribution in [0, 0.1) is 0 Å². The van der Waals surface area contributed by atoms with Gasteiger partial charge in [-0.2, -0.15) is 0 Å². The van der Waals surface area contributed by atoms with Crippen LogP contribution in [0.2, 0.25) is 0 Å². The second-order valence-corrected chi connectivity index (χ2v) is 7.86. The number of rotatable bonds is 1. The van der Waals surface area contributed by atoms with Crippen molar-refractivity contribution in [1.29, 1.82) is 0 Å². The van der Waals surface area contributed by atoms with Crippen molar-refractivity contribution in [2.45, 2.75) is 77.6 Å². The van der Waals surface area contributed by atoms with E-state index in [4.69, 9.17) is 0 Å². The molecule has 2 aliphatic rings. The number of ketones is 1. The molecule has 0 saturated carbocycles. The monoisotopic (exact) mass is 270 g/mol. The van der Waals surface area contributed by atoms with Gasteiger partial charge in [0, 0.05) is 12.0 Å². The van der Waals surface area contributed by atoms with Crippen LogP contribution < -0.4 is 0 Å². The maximum absolute atomic E-state index is 12.3. The summed E-state index contributed by atoms with van der Waals surface area (Å²) in [6, 6.07) is 2.36. The zero-order valence-corrected chi connectivity index (χ0v) is 13.5. The average molecular weight is 270 g/mol. The van der Waals surface area contributed by atoms with Gasteiger partial charge in [0.2, 0.25) is 0 Å². The molecule has 108 valence electrons. The fraction of sp³-hybridized carbons (Fsp3) is 0.632. The number of carbonyl (C=O) groups is 1. The van der Waals surface area contributed by atoms with Gasteiger partial charge in [0.05, 0.1) is 0 Å². The second-order valence-electron chi connectivity index (χ2n) is 7.86. The minimum absolute atomic E-state index is 0.214. The third-order valence-electron chi connectivity index (χ3n) is 5.56. The third-order valence-corrected chi connectivity index (χ3v) is 5.56. The number of hydrogen-bond donors (Lipinski definition) is 0. The van der Waals surface area contributed by atoms with Crippen LogP contribution in [0.3, 0.4) is 0 Å². The SMILES string of the molecule is CCc1cc2c(c3c1C(=O)CC3)C(C)(C)CCC2(C)C. The molecule has 0 radical (unpaired) electrons. The summed E-state index contributed by atoms with van der Waals surface area (Å²) in [5.41, 5.74) is 7.23. The molecule has 0 amide bonds. The third kappa shape index (κ3) is 1.78. The van der Waals surface area contributed by atoms with Gasteiger partial charge in [-0.15, -0.1) is 0 Å². The molecule has 0 N–H and O–H groups in total. The van der Waals surface area contributed by atoms with E-state index >= 15 is 0 Å². The molecule has 1 nitrogen and oxygen atoms in total. The lowest BCUT2D eigenvalue weighted by Crippen LogP contribution is -2.35. The van der Waals surface area contributed by atoms with E-state index in [-0.39, 0.29) is 10.8 Å². The van der Waals surface area contributed by atoms with Crippen LogP contribution >= 0.6 is 0 Å². The van der Waals surface area contributed by atoms with Gasteiger partial charge in [0.25, 0.3) is 0 Å². The van der Waals surface area contributed by atoms with E-state index in [2.05, 4.69) is 40.7 Å². The summed E-state index contributed by atoms with van der Waals surface area (Å²) < 4.78 is 0. The molecule has 0 spiro atoms. The molecule has 0 fully saturated rings. The summed E-state index contributed by atoms with van der Waals surface area (Å²) >= 11 is 0. The maximum Gasteiger partial charge on any atom is 0.163 e. The number of Topliss-reactive ketones (excluding diaryl/α,β-unsaturated/α-hetero) is 1. The van der Waals surface area contributed by atoms with E-state index in [9.17, 15) is 4.79 Å². The first-order valence-electron chi connectivity index (χ1n) is 8.01. The first kappa shape index (κ1) is 13.9. The molecule has 20 heavy (non-hydrogen) atoms. The van der Waals surface area contributed by atoms with Crippen molar-refractivity contribution in [3.63, 3.8) is 0 Å². The van der Waals surface area contributed by atoms with Crippen molar-refractivity contribution >= 4 is 5.78 Å². The summed E-state index contributed by atoms with van der Waals surface area (Å²) in [6.45, 7) is 11.6. The van der Waals surface area contributed by atoms with E-state index in [1.807, 2.05) is 0 Å². The van der Waals surface area contributed by atoms with Crippen LogP contribution in [-0.2, 0) is 23.7 Å². The van der Waals surface area contributed by atoms with Crippen LogP contribution in [0.15, 0.2) is 6.07 Å². The topological polar surface area (TPSA) is 17.1 Å². The van der Waals surface area contributed by atoms with Gasteiger partial charge < -0.3 is 0 Å². The number of fused-ring (bicyclic) bond motifs is 3. The zero-order chi connectivity index (χ0) is 14.7. The largest absolute Gasteiger partial charge is 0.294 e. The van der Waals surface area contributed by atoms with Crippen molar-refractivity contribution < 1.29 is 4.79 Å². The Morgan fingerprint density at radius 1 is 1.05 bits per heavy atom. The van der Waals surface area contributed by atoms with E-state index in [1.54, 1.807) is 0 Å². The molecule has 1 aromatic rings. The second kappa shape index (κ2) is 4.19. The highest BCUT2D eigenvalue weighted by atomic mass is 16.1. The lowest BCUT2D eigenvalue weighted by molar-refractivity contribution is 0.0994. The Morgan fingerprint density at radius 2 is 1.70 bits per heavy atom. The van der Waals surface area contributed by atoms with E-state index in [0.717, 1.165) is 24.8 Å². The molecule has 0 atom stereocenters. The minimum atomic E-state index is 0.214. The van der Waals surface area contributed by atoms with Gasteiger partial charge in [-0.1, -0.05) is 40.7 Å².